The summed E-state index contributed by atoms with van der Waals surface area (Å²) in [5.41, 5.74) is 5.56. The van der Waals surface area contributed by atoms with E-state index in [1.807, 2.05) is 30.3 Å². The highest BCUT2D eigenvalue weighted by Gasteiger charge is 2.15. The third-order valence-corrected chi connectivity index (χ3v) is 6.49. The summed E-state index contributed by atoms with van der Waals surface area (Å²) in [6.07, 6.45) is 1.52. The summed E-state index contributed by atoms with van der Waals surface area (Å²) >= 11 is 3.39. The number of ether oxygens (including phenoxy) is 1. The lowest BCUT2D eigenvalue weighted by atomic mass is 10.1. The maximum atomic E-state index is 12.9. The molecule has 3 rings (SSSR count). The van der Waals surface area contributed by atoms with Crippen molar-refractivity contribution >= 4 is 39.6 Å². The van der Waals surface area contributed by atoms with E-state index >= 15 is 0 Å². The summed E-state index contributed by atoms with van der Waals surface area (Å²) < 4.78 is 5.90. The molecule has 3 aromatic rings. The molecule has 38 heavy (non-hydrogen) atoms. The summed E-state index contributed by atoms with van der Waals surface area (Å²) in [5, 5.41) is 10.3. The molecule has 2 amide bonds. The van der Waals surface area contributed by atoms with Crippen molar-refractivity contribution in [1.82, 2.24) is 15.6 Å². The number of methoxy groups -OCH3 is 1. The molecule has 0 saturated heterocycles. The Morgan fingerprint density at radius 1 is 1.00 bits per heavy atom. The maximum absolute atomic E-state index is 12.9. The Balaban J connectivity index is 1.60. The number of rotatable bonds is 13. The minimum atomic E-state index is -0.452. The van der Waals surface area contributed by atoms with Crippen LogP contribution in [0.5, 0.6) is 5.75 Å². The minimum absolute atomic E-state index is 0.282. The Morgan fingerprint density at radius 3 is 2.47 bits per heavy atom. The van der Waals surface area contributed by atoms with Crippen molar-refractivity contribution < 1.29 is 14.3 Å². The smallest absolute Gasteiger partial charge is 0.273 e. The van der Waals surface area contributed by atoms with Crippen molar-refractivity contribution in [3.8, 4) is 5.75 Å². The van der Waals surface area contributed by atoms with Crippen LogP contribution in [-0.4, -0.2) is 56.2 Å². The van der Waals surface area contributed by atoms with Gasteiger partial charge in [0.15, 0.2) is 0 Å². The Morgan fingerprint density at radius 2 is 1.76 bits per heavy atom. The Bertz CT molecular complexity index is 1240. The van der Waals surface area contributed by atoms with Gasteiger partial charge in [-0.05, 0) is 66.7 Å². The fourth-order valence-electron chi connectivity index (χ4n) is 3.74. The van der Waals surface area contributed by atoms with Crippen LogP contribution in [0, 0.1) is 0 Å². The molecule has 0 fully saturated rings. The number of hydrogen-bond donors (Lipinski definition) is 3. The lowest BCUT2D eigenvalue weighted by molar-refractivity contribution is 0.0956. The summed E-state index contributed by atoms with van der Waals surface area (Å²) in [7, 11) is 1.59. The van der Waals surface area contributed by atoms with E-state index < -0.39 is 5.91 Å². The third kappa shape index (κ3) is 8.79. The second kappa shape index (κ2) is 15.0. The van der Waals surface area contributed by atoms with Crippen molar-refractivity contribution in [2.75, 3.05) is 38.6 Å². The van der Waals surface area contributed by atoms with Crippen LogP contribution in [-0.2, 0) is 6.54 Å². The molecule has 0 unspecified atom stereocenters. The van der Waals surface area contributed by atoms with Crippen LogP contribution in [0.1, 0.15) is 45.7 Å². The van der Waals surface area contributed by atoms with Gasteiger partial charge < -0.3 is 20.3 Å². The van der Waals surface area contributed by atoms with Gasteiger partial charge in [0.25, 0.3) is 11.8 Å². The Labute approximate surface area is 232 Å². The average molecular weight is 581 g/mol. The molecule has 8 nitrogen and oxygen atoms in total. The molecule has 0 aliphatic heterocycles. The highest BCUT2D eigenvalue weighted by atomic mass is 79.9. The first-order valence-electron chi connectivity index (χ1n) is 12.5. The van der Waals surface area contributed by atoms with E-state index in [9.17, 15) is 9.59 Å². The summed E-state index contributed by atoms with van der Waals surface area (Å²) in [5.74, 6) is -0.0639. The quantitative estimate of drug-likeness (QED) is 0.152. The van der Waals surface area contributed by atoms with Crippen molar-refractivity contribution in [3.05, 3.63) is 93.5 Å². The van der Waals surface area contributed by atoms with Crippen molar-refractivity contribution in [2.24, 2.45) is 5.10 Å². The van der Waals surface area contributed by atoms with E-state index in [1.165, 1.54) is 6.21 Å². The number of hydrazone groups is 1. The fraction of sp³-hybridized carbons (Fsp3) is 0.276. The van der Waals surface area contributed by atoms with Crippen molar-refractivity contribution in [2.45, 2.75) is 20.4 Å². The van der Waals surface area contributed by atoms with Crippen LogP contribution in [0.25, 0.3) is 0 Å². The number of anilines is 1. The van der Waals surface area contributed by atoms with Crippen molar-refractivity contribution in [1.29, 1.82) is 0 Å². The topological polar surface area (TPSA) is 95.1 Å². The van der Waals surface area contributed by atoms with E-state index in [0.717, 1.165) is 43.9 Å². The summed E-state index contributed by atoms with van der Waals surface area (Å²) in [6, 6.07) is 19.8. The predicted octanol–water partition coefficient (Wildman–Crippen LogP) is 4.91. The molecule has 0 spiro atoms. The van der Waals surface area contributed by atoms with Crippen LogP contribution in [0.3, 0.4) is 0 Å². The average Bonchev–Trinajstić information content (AvgIpc) is 2.94. The number of likely N-dealkylation sites (N-methyl/N-ethyl adjacent to an activating group) is 1. The highest BCUT2D eigenvalue weighted by Crippen LogP contribution is 2.22. The molecule has 9 heteroatoms. The van der Waals surface area contributed by atoms with Crippen LogP contribution >= 0.6 is 15.9 Å². The zero-order valence-electron chi connectivity index (χ0n) is 22.0. The first kappa shape index (κ1) is 29.0. The van der Waals surface area contributed by atoms with Gasteiger partial charge in [-0.3, -0.25) is 9.59 Å². The lowest BCUT2D eigenvalue weighted by Gasteiger charge is -2.18. The van der Waals surface area contributed by atoms with E-state index in [0.29, 0.717) is 21.5 Å². The summed E-state index contributed by atoms with van der Waals surface area (Å²) in [4.78, 5) is 28.2. The molecule has 200 valence electrons. The van der Waals surface area contributed by atoms with Crippen LogP contribution in [0.4, 0.5) is 5.69 Å². The van der Waals surface area contributed by atoms with Gasteiger partial charge in [-0.1, -0.05) is 54.0 Å². The number of carbonyl (C=O) groups excluding carboxylic acids is 2. The number of benzene rings is 3. The van der Waals surface area contributed by atoms with Crippen LogP contribution in [0.15, 0.2) is 76.3 Å². The second-order valence-corrected chi connectivity index (χ2v) is 9.44. The molecule has 3 N–H and O–H groups in total. The van der Waals surface area contributed by atoms with E-state index in [2.05, 4.69) is 55.8 Å². The van der Waals surface area contributed by atoms with Crippen LogP contribution in [0.2, 0.25) is 0 Å². The molecular formula is C29H34BrN5O3. The molecule has 3 aromatic carbocycles. The number of carbonyl (C=O) groups is 2. The van der Waals surface area contributed by atoms with Gasteiger partial charge in [0, 0.05) is 29.7 Å². The maximum Gasteiger partial charge on any atom is 0.273 e. The largest absolute Gasteiger partial charge is 0.497 e. The summed E-state index contributed by atoms with van der Waals surface area (Å²) in [6.45, 7) is 9.05. The molecule has 0 aliphatic rings. The molecule has 0 bridgehead atoms. The molecule has 0 saturated carbocycles. The SMILES string of the molecule is CCN(CC)CCNCc1ccc(C(=O)Nc2ccc(Br)cc2C(=O)NN=Cc2cccc(OC)c2)cc1. The monoisotopic (exact) mass is 579 g/mol. The molecular weight excluding hydrogens is 546 g/mol. The number of amides is 2. The molecule has 0 heterocycles. The Kier molecular flexibility index (Phi) is 11.5. The standard InChI is InChI=1S/C29H34BrN5O3/c1-4-35(5-2)16-15-31-19-21-9-11-23(12-10-21)28(36)33-27-14-13-24(30)18-26(27)29(37)34-32-20-22-7-6-8-25(17-22)38-3/h6-14,17-18,20,31H,4-5,15-16,19H2,1-3H3,(H,33,36)(H,34,37). The van der Waals surface area contributed by atoms with Crippen molar-refractivity contribution in [3.63, 3.8) is 0 Å². The Hall–Kier alpha value is -3.53. The first-order chi connectivity index (χ1) is 18.4. The van der Waals surface area contributed by atoms with Gasteiger partial charge in [0.2, 0.25) is 0 Å². The number of halogens is 1. The molecule has 0 aromatic heterocycles. The van der Waals surface area contributed by atoms with Gasteiger partial charge >= 0.3 is 0 Å². The van der Waals surface area contributed by atoms with Gasteiger partial charge in [0.1, 0.15) is 5.75 Å². The van der Waals surface area contributed by atoms with E-state index in [1.54, 1.807) is 43.5 Å². The minimum Gasteiger partial charge on any atom is -0.497 e. The predicted molar refractivity (Wildman–Crippen MR) is 156 cm³/mol. The number of hydrogen-bond acceptors (Lipinski definition) is 6. The van der Waals surface area contributed by atoms with Gasteiger partial charge in [-0.2, -0.15) is 5.10 Å². The normalized spacial score (nSPS) is 11.1. The van der Waals surface area contributed by atoms with Gasteiger partial charge in [-0.15, -0.1) is 0 Å². The zero-order valence-corrected chi connectivity index (χ0v) is 23.5. The fourth-order valence-corrected chi connectivity index (χ4v) is 4.10. The molecule has 0 aliphatic carbocycles. The highest BCUT2D eigenvalue weighted by molar-refractivity contribution is 9.10. The zero-order chi connectivity index (χ0) is 27.3. The second-order valence-electron chi connectivity index (χ2n) is 8.52. The molecule has 0 atom stereocenters. The number of nitrogens with one attached hydrogen (secondary N) is 3. The van der Waals surface area contributed by atoms with E-state index in [-0.39, 0.29) is 11.5 Å². The molecule has 0 radical (unpaired) electrons. The van der Waals surface area contributed by atoms with Gasteiger partial charge in [0.05, 0.1) is 24.6 Å². The van der Waals surface area contributed by atoms with E-state index in [4.69, 9.17) is 4.74 Å². The third-order valence-electron chi connectivity index (χ3n) is 5.99. The first-order valence-corrected chi connectivity index (χ1v) is 13.3. The van der Waals surface area contributed by atoms with Gasteiger partial charge in [-0.25, -0.2) is 5.43 Å². The van der Waals surface area contributed by atoms with Crippen LogP contribution < -0.4 is 20.8 Å². The lowest BCUT2D eigenvalue weighted by Crippen LogP contribution is -2.31. The number of nitrogens with zero attached hydrogens (tertiary/aromatic N) is 2.